The van der Waals surface area contributed by atoms with Crippen LogP contribution >= 0.6 is 11.6 Å². The molecule has 0 aliphatic heterocycles. The molecule has 0 atom stereocenters. The Morgan fingerprint density at radius 3 is 2.24 bits per heavy atom. The fraction of sp³-hybridized carbons (Fsp3) is 0.250. The smallest absolute Gasteiger partial charge is 0.0484 e. The largest absolute Gasteiger partial charge is 0.0837 e. The minimum atomic E-state index is 0.164. The van der Waals surface area contributed by atoms with Crippen molar-refractivity contribution in [3.05, 3.63) is 59.1 Å². The van der Waals surface area contributed by atoms with Gasteiger partial charge in [0.05, 0.1) is 0 Å². The standard InChI is InChI=1S/C16H17Cl/c1-16(2,3)13-8-6-7-12(11-13)14-9-4-5-10-15(14)17/h4-11H,1-3H3. The maximum absolute atomic E-state index is 6.23. The molecule has 2 rings (SSSR count). The van der Waals surface area contributed by atoms with Crippen molar-refractivity contribution in [1.29, 1.82) is 0 Å². The summed E-state index contributed by atoms with van der Waals surface area (Å²) in [6, 6.07) is 16.6. The first-order chi connectivity index (χ1) is 7.98. The molecule has 0 heterocycles. The number of halogens is 1. The third-order valence-corrected chi connectivity index (χ3v) is 3.24. The van der Waals surface area contributed by atoms with Crippen LogP contribution in [0.25, 0.3) is 11.1 Å². The van der Waals surface area contributed by atoms with Crippen molar-refractivity contribution in [2.45, 2.75) is 26.2 Å². The van der Waals surface area contributed by atoms with Crippen LogP contribution in [-0.4, -0.2) is 0 Å². The first-order valence-electron chi connectivity index (χ1n) is 5.84. The molecule has 0 unspecified atom stereocenters. The zero-order valence-electron chi connectivity index (χ0n) is 10.5. The zero-order chi connectivity index (χ0) is 12.5. The SMILES string of the molecule is CC(C)(C)c1cccc(-c2ccccc2Cl)c1. The van der Waals surface area contributed by atoms with Crippen molar-refractivity contribution >= 4 is 11.6 Å². The second-order valence-electron chi connectivity index (χ2n) is 5.31. The Bertz CT molecular complexity index is 521. The Balaban J connectivity index is 2.51. The molecule has 0 aliphatic rings. The molecule has 0 N–H and O–H groups in total. The lowest BCUT2D eigenvalue weighted by molar-refractivity contribution is 0.590. The van der Waals surface area contributed by atoms with Crippen LogP contribution in [0, 0.1) is 0 Å². The van der Waals surface area contributed by atoms with E-state index in [1.54, 1.807) is 0 Å². The molecule has 2 aromatic rings. The second-order valence-corrected chi connectivity index (χ2v) is 5.72. The van der Waals surface area contributed by atoms with Crippen LogP contribution in [0.3, 0.4) is 0 Å². The van der Waals surface area contributed by atoms with E-state index in [4.69, 9.17) is 11.6 Å². The number of benzene rings is 2. The van der Waals surface area contributed by atoms with Gasteiger partial charge in [0.25, 0.3) is 0 Å². The van der Waals surface area contributed by atoms with E-state index < -0.39 is 0 Å². The van der Waals surface area contributed by atoms with Gasteiger partial charge in [0.2, 0.25) is 0 Å². The van der Waals surface area contributed by atoms with E-state index in [-0.39, 0.29) is 5.41 Å². The predicted molar refractivity (Wildman–Crippen MR) is 75.6 cm³/mol. The van der Waals surface area contributed by atoms with Crippen molar-refractivity contribution in [3.8, 4) is 11.1 Å². The maximum Gasteiger partial charge on any atom is 0.0484 e. The fourth-order valence-corrected chi connectivity index (χ4v) is 2.09. The second kappa shape index (κ2) is 4.54. The van der Waals surface area contributed by atoms with E-state index in [1.165, 1.54) is 11.1 Å². The normalized spacial score (nSPS) is 11.5. The summed E-state index contributed by atoms with van der Waals surface area (Å²) in [5, 5.41) is 0.804. The molecule has 0 amide bonds. The Hall–Kier alpha value is -1.27. The molecule has 0 aliphatic carbocycles. The Morgan fingerprint density at radius 1 is 0.882 bits per heavy atom. The molecule has 1 heteroatoms. The number of hydrogen-bond acceptors (Lipinski definition) is 0. The summed E-state index contributed by atoms with van der Waals surface area (Å²) in [5.74, 6) is 0. The van der Waals surface area contributed by atoms with Crippen LogP contribution in [0.1, 0.15) is 26.3 Å². The molecule has 0 fully saturated rings. The molecule has 0 nitrogen and oxygen atoms in total. The molecule has 0 radical (unpaired) electrons. The first kappa shape index (κ1) is 12.2. The maximum atomic E-state index is 6.23. The van der Waals surface area contributed by atoms with Gasteiger partial charge in [0, 0.05) is 10.6 Å². The van der Waals surface area contributed by atoms with Gasteiger partial charge in [0.1, 0.15) is 0 Å². The molecule has 0 saturated carbocycles. The average molecular weight is 245 g/mol. The monoisotopic (exact) mass is 244 g/mol. The van der Waals surface area contributed by atoms with Gasteiger partial charge < -0.3 is 0 Å². The summed E-state index contributed by atoms with van der Waals surface area (Å²) in [7, 11) is 0. The summed E-state index contributed by atoms with van der Waals surface area (Å²) >= 11 is 6.23. The molecule has 17 heavy (non-hydrogen) atoms. The molecule has 0 aromatic heterocycles. The van der Waals surface area contributed by atoms with E-state index in [0.29, 0.717) is 0 Å². The lowest BCUT2D eigenvalue weighted by atomic mass is 9.85. The van der Waals surface area contributed by atoms with Crippen LogP contribution in [0.5, 0.6) is 0 Å². The highest BCUT2D eigenvalue weighted by Crippen LogP contribution is 2.31. The van der Waals surface area contributed by atoms with E-state index in [1.807, 2.05) is 18.2 Å². The quantitative estimate of drug-likeness (QED) is 0.638. The highest BCUT2D eigenvalue weighted by molar-refractivity contribution is 6.33. The minimum Gasteiger partial charge on any atom is -0.0837 e. The zero-order valence-corrected chi connectivity index (χ0v) is 11.3. The van der Waals surface area contributed by atoms with Crippen molar-refractivity contribution in [3.63, 3.8) is 0 Å². The summed E-state index contributed by atoms with van der Waals surface area (Å²) < 4.78 is 0. The summed E-state index contributed by atoms with van der Waals surface area (Å²) in [5.41, 5.74) is 3.77. The van der Waals surface area contributed by atoms with Gasteiger partial charge in [-0.05, 0) is 22.6 Å². The molecule has 88 valence electrons. The van der Waals surface area contributed by atoms with E-state index in [2.05, 4.69) is 51.1 Å². The molecule has 0 spiro atoms. The molecular formula is C16H17Cl. The molecule has 0 saturated heterocycles. The Morgan fingerprint density at radius 2 is 1.59 bits per heavy atom. The average Bonchev–Trinajstić information content (AvgIpc) is 2.29. The topological polar surface area (TPSA) is 0 Å². The summed E-state index contributed by atoms with van der Waals surface area (Å²) in [4.78, 5) is 0. The van der Waals surface area contributed by atoms with Crippen LogP contribution in [0.15, 0.2) is 48.5 Å². The Kier molecular flexibility index (Phi) is 3.26. The van der Waals surface area contributed by atoms with Crippen LogP contribution in [0.4, 0.5) is 0 Å². The van der Waals surface area contributed by atoms with Crippen molar-refractivity contribution in [2.75, 3.05) is 0 Å². The van der Waals surface area contributed by atoms with Crippen LogP contribution in [0.2, 0.25) is 5.02 Å². The highest BCUT2D eigenvalue weighted by atomic mass is 35.5. The van der Waals surface area contributed by atoms with Crippen LogP contribution < -0.4 is 0 Å². The first-order valence-corrected chi connectivity index (χ1v) is 6.22. The molecule has 2 aromatic carbocycles. The highest BCUT2D eigenvalue weighted by Gasteiger charge is 2.14. The van der Waals surface area contributed by atoms with E-state index >= 15 is 0 Å². The Labute approximate surface area is 108 Å². The van der Waals surface area contributed by atoms with Gasteiger partial charge in [-0.25, -0.2) is 0 Å². The van der Waals surface area contributed by atoms with Gasteiger partial charge in [-0.3, -0.25) is 0 Å². The summed E-state index contributed by atoms with van der Waals surface area (Å²) in [6.45, 7) is 6.66. The van der Waals surface area contributed by atoms with Gasteiger partial charge in [0.15, 0.2) is 0 Å². The van der Waals surface area contributed by atoms with Gasteiger partial charge >= 0.3 is 0 Å². The van der Waals surface area contributed by atoms with Gasteiger partial charge in [-0.1, -0.05) is 74.8 Å². The fourth-order valence-electron chi connectivity index (χ4n) is 1.85. The molecular weight excluding hydrogens is 228 g/mol. The number of rotatable bonds is 1. The third-order valence-electron chi connectivity index (χ3n) is 2.91. The lowest BCUT2D eigenvalue weighted by Gasteiger charge is -2.20. The van der Waals surface area contributed by atoms with E-state index in [0.717, 1.165) is 10.6 Å². The van der Waals surface area contributed by atoms with E-state index in [9.17, 15) is 0 Å². The van der Waals surface area contributed by atoms with Gasteiger partial charge in [-0.15, -0.1) is 0 Å². The predicted octanol–water partition coefficient (Wildman–Crippen LogP) is 5.30. The van der Waals surface area contributed by atoms with Crippen molar-refractivity contribution in [1.82, 2.24) is 0 Å². The van der Waals surface area contributed by atoms with Crippen LogP contribution in [-0.2, 0) is 5.41 Å². The lowest BCUT2D eigenvalue weighted by Crippen LogP contribution is -2.10. The third kappa shape index (κ3) is 2.70. The minimum absolute atomic E-state index is 0.164. The van der Waals surface area contributed by atoms with Crippen molar-refractivity contribution < 1.29 is 0 Å². The molecule has 0 bridgehead atoms. The summed E-state index contributed by atoms with van der Waals surface area (Å²) in [6.07, 6.45) is 0. The van der Waals surface area contributed by atoms with Gasteiger partial charge in [-0.2, -0.15) is 0 Å². The number of hydrogen-bond donors (Lipinski definition) is 0. The van der Waals surface area contributed by atoms with Crippen molar-refractivity contribution in [2.24, 2.45) is 0 Å².